The molecule has 1 aliphatic heterocycles. The van der Waals surface area contributed by atoms with Crippen molar-refractivity contribution in [2.24, 2.45) is 11.7 Å². The van der Waals surface area contributed by atoms with Gasteiger partial charge in [-0.3, -0.25) is 14.4 Å². The lowest BCUT2D eigenvalue weighted by Gasteiger charge is -2.23. The zero-order valence-corrected chi connectivity index (χ0v) is 18.7. The van der Waals surface area contributed by atoms with E-state index in [0.29, 0.717) is 41.1 Å². The molecule has 1 amide bonds. The summed E-state index contributed by atoms with van der Waals surface area (Å²) in [5.74, 6) is 0.121. The van der Waals surface area contributed by atoms with Crippen LogP contribution in [0.25, 0.3) is 22.4 Å². The maximum absolute atomic E-state index is 12.1. The lowest BCUT2D eigenvalue weighted by Crippen LogP contribution is -2.29. The largest absolute Gasteiger partial charge is 0.384 e. The zero-order valence-electron chi connectivity index (χ0n) is 17.8. The first-order valence-corrected chi connectivity index (χ1v) is 12.3. The Morgan fingerprint density at radius 2 is 2.06 bits per heavy atom. The molecule has 0 bridgehead atoms. The minimum Gasteiger partial charge on any atom is -0.384 e. The van der Waals surface area contributed by atoms with E-state index in [2.05, 4.69) is 31.5 Å². The standard InChI is InChI=1S/C21H25N7O3S/c1-10(11-3-4-11)28-8-13-5-12(6-15(14(13)9-28)27-32(2,30)31)16-7-24-21-18(25-16)17(20(23)29)19(22)26-21/h5-7,10-11,27H,3-4,8-9,22H2,1-2H3,(H2,23,29)(H,24,26)/t10-/m0/s1. The molecule has 168 valence electrons. The van der Waals surface area contributed by atoms with E-state index in [9.17, 15) is 13.2 Å². The molecule has 11 heteroatoms. The van der Waals surface area contributed by atoms with E-state index in [1.807, 2.05) is 6.07 Å². The molecule has 0 saturated heterocycles. The Balaban J connectivity index is 1.61. The molecule has 5 rings (SSSR count). The lowest BCUT2D eigenvalue weighted by molar-refractivity contribution is 0.100. The second-order valence-electron chi connectivity index (χ2n) is 8.75. The van der Waals surface area contributed by atoms with Crippen LogP contribution in [-0.4, -0.2) is 46.5 Å². The van der Waals surface area contributed by atoms with Crippen molar-refractivity contribution in [1.82, 2.24) is 19.9 Å². The van der Waals surface area contributed by atoms with Gasteiger partial charge in [0.05, 0.1) is 23.8 Å². The fourth-order valence-corrected chi connectivity index (χ4v) is 5.08. The SMILES string of the molecule is C[C@@H](C1CC1)N1Cc2cc(-c3cnc4[nH]c(N)c(C(N)=O)c4n3)cc(NS(C)(=O)=O)c2C1. The van der Waals surface area contributed by atoms with E-state index in [1.165, 1.54) is 12.8 Å². The summed E-state index contributed by atoms with van der Waals surface area (Å²) < 4.78 is 26.8. The number of nitrogens with two attached hydrogens (primary N) is 2. The number of aromatic amines is 1. The fraction of sp³-hybridized carbons (Fsp3) is 0.381. The minimum atomic E-state index is -3.48. The van der Waals surface area contributed by atoms with Crippen LogP contribution in [0.1, 0.15) is 41.3 Å². The van der Waals surface area contributed by atoms with Gasteiger partial charge in [-0.15, -0.1) is 0 Å². The van der Waals surface area contributed by atoms with Crippen molar-refractivity contribution in [1.29, 1.82) is 0 Å². The summed E-state index contributed by atoms with van der Waals surface area (Å²) >= 11 is 0. The zero-order chi connectivity index (χ0) is 22.8. The number of carbonyl (C=O) groups excluding carboxylic acids is 1. The number of anilines is 2. The minimum absolute atomic E-state index is 0.0921. The van der Waals surface area contributed by atoms with Crippen molar-refractivity contribution in [2.75, 3.05) is 16.7 Å². The van der Waals surface area contributed by atoms with Gasteiger partial charge in [-0.25, -0.2) is 18.4 Å². The molecule has 2 aliphatic rings. The Bertz CT molecular complexity index is 1360. The fourth-order valence-electron chi connectivity index (χ4n) is 4.50. The third-order valence-electron chi connectivity index (χ3n) is 6.33. The van der Waals surface area contributed by atoms with Gasteiger partial charge in [-0.1, -0.05) is 0 Å². The van der Waals surface area contributed by atoms with E-state index >= 15 is 0 Å². The highest BCUT2D eigenvalue weighted by molar-refractivity contribution is 7.92. The van der Waals surface area contributed by atoms with Crippen molar-refractivity contribution in [3.05, 3.63) is 35.0 Å². The molecular formula is C21H25N7O3S. The number of rotatable bonds is 6. The lowest BCUT2D eigenvalue weighted by atomic mass is 10.0. The third-order valence-corrected chi connectivity index (χ3v) is 6.92. The first-order valence-electron chi connectivity index (χ1n) is 10.4. The Kier molecular flexibility index (Phi) is 4.64. The number of benzene rings is 1. The number of carbonyl (C=O) groups is 1. The summed E-state index contributed by atoms with van der Waals surface area (Å²) in [6.07, 6.45) is 5.18. The maximum Gasteiger partial charge on any atom is 0.254 e. The van der Waals surface area contributed by atoms with Gasteiger partial charge in [0.25, 0.3) is 5.91 Å². The van der Waals surface area contributed by atoms with Crippen molar-refractivity contribution >= 4 is 38.6 Å². The first-order chi connectivity index (χ1) is 15.1. The van der Waals surface area contributed by atoms with Crippen LogP contribution in [0.4, 0.5) is 11.5 Å². The van der Waals surface area contributed by atoms with Gasteiger partial charge in [-0.05, 0) is 48.9 Å². The van der Waals surface area contributed by atoms with Crippen LogP contribution >= 0.6 is 0 Å². The average Bonchev–Trinajstić information content (AvgIpc) is 3.36. The van der Waals surface area contributed by atoms with Crippen LogP contribution in [0.2, 0.25) is 0 Å². The highest BCUT2D eigenvalue weighted by Gasteiger charge is 2.35. The molecule has 1 aromatic carbocycles. The number of amides is 1. The van der Waals surface area contributed by atoms with Crippen LogP contribution in [-0.2, 0) is 23.1 Å². The van der Waals surface area contributed by atoms with E-state index in [0.717, 1.165) is 23.9 Å². The van der Waals surface area contributed by atoms with Crippen molar-refractivity contribution in [3.8, 4) is 11.3 Å². The number of aromatic nitrogens is 3. The van der Waals surface area contributed by atoms with Gasteiger partial charge in [-0.2, -0.15) is 0 Å². The van der Waals surface area contributed by atoms with Crippen LogP contribution < -0.4 is 16.2 Å². The number of hydrogen-bond acceptors (Lipinski definition) is 7. The number of nitrogens with one attached hydrogen (secondary N) is 2. The molecular weight excluding hydrogens is 430 g/mol. The first kappa shape index (κ1) is 20.7. The Morgan fingerprint density at radius 3 is 2.72 bits per heavy atom. The molecule has 1 saturated carbocycles. The number of hydrogen-bond donors (Lipinski definition) is 4. The van der Waals surface area contributed by atoms with Crippen LogP contribution in [0, 0.1) is 5.92 Å². The summed E-state index contributed by atoms with van der Waals surface area (Å²) in [7, 11) is -3.48. The molecule has 0 radical (unpaired) electrons. The predicted molar refractivity (Wildman–Crippen MR) is 122 cm³/mol. The second kappa shape index (κ2) is 7.17. The van der Waals surface area contributed by atoms with Crippen molar-refractivity contribution in [2.45, 2.75) is 38.9 Å². The highest BCUT2D eigenvalue weighted by Crippen LogP contribution is 2.41. The Hall–Kier alpha value is -3.18. The van der Waals surface area contributed by atoms with Crippen molar-refractivity contribution < 1.29 is 13.2 Å². The summed E-state index contributed by atoms with van der Waals surface area (Å²) in [5, 5.41) is 0. The molecule has 6 N–H and O–H groups in total. The average molecular weight is 456 g/mol. The van der Waals surface area contributed by atoms with E-state index < -0.39 is 15.9 Å². The maximum atomic E-state index is 12.1. The number of nitrogens with zero attached hydrogens (tertiary/aromatic N) is 3. The summed E-state index contributed by atoms with van der Waals surface area (Å²) in [5.41, 5.74) is 15.8. The number of nitrogen functional groups attached to an aromatic ring is 1. The summed E-state index contributed by atoms with van der Waals surface area (Å²) in [4.78, 5) is 25.9. The number of fused-ring (bicyclic) bond motifs is 2. The molecule has 1 aliphatic carbocycles. The molecule has 0 unspecified atom stereocenters. The van der Waals surface area contributed by atoms with Gasteiger partial charge >= 0.3 is 0 Å². The number of H-pyrrole nitrogens is 1. The van der Waals surface area contributed by atoms with Crippen LogP contribution in [0.5, 0.6) is 0 Å². The normalized spacial score (nSPS) is 17.4. The van der Waals surface area contributed by atoms with Crippen LogP contribution in [0.15, 0.2) is 18.3 Å². The van der Waals surface area contributed by atoms with Gasteiger partial charge in [0.1, 0.15) is 16.9 Å². The number of sulfonamides is 1. The van der Waals surface area contributed by atoms with E-state index in [1.54, 1.807) is 12.3 Å². The van der Waals surface area contributed by atoms with Gasteiger partial charge < -0.3 is 16.5 Å². The van der Waals surface area contributed by atoms with Gasteiger partial charge in [0.15, 0.2) is 5.65 Å². The summed E-state index contributed by atoms with van der Waals surface area (Å²) in [6.45, 7) is 3.66. The molecule has 3 heterocycles. The molecule has 2 aromatic heterocycles. The predicted octanol–water partition coefficient (Wildman–Crippen LogP) is 1.79. The quantitative estimate of drug-likeness (QED) is 0.441. The van der Waals surface area contributed by atoms with E-state index in [4.69, 9.17) is 11.5 Å². The smallest absolute Gasteiger partial charge is 0.254 e. The van der Waals surface area contributed by atoms with Crippen molar-refractivity contribution in [3.63, 3.8) is 0 Å². The second-order valence-corrected chi connectivity index (χ2v) is 10.5. The van der Waals surface area contributed by atoms with Gasteiger partial charge in [0.2, 0.25) is 10.0 Å². The summed E-state index contributed by atoms with van der Waals surface area (Å²) in [6, 6.07) is 4.22. The van der Waals surface area contributed by atoms with E-state index in [-0.39, 0.29) is 16.9 Å². The topological polar surface area (TPSA) is 160 Å². The van der Waals surface area contributed by atoms with Gasteiger partial charge in [0, 0.05) is 24.7 Å². The molecule has 10 nitrogen and oxygen atoms in total. The Morgan fingerprint density at radius 1 is 1.31 bits per heavy atom. The Labute approximate surface area is 185 Å². The number of primary amides is 1. The molecule has 1 fully saturated rings. The molecule has 3 aromatic rings. The monoisotopic (exact) mass is 455 g/mol. The highest BCUT2D eigenvalue weighted by atomic mass is 32.2. The third kappa shape index (κ3) is 3.67. The molecule has 1 atom stereocenters. The molecule has 0 spiro atoms. The van der Waals surface area contributed by atoms with Crippen LogP contribution in [0.3, 0.4) is 0 Å². The molecule has 32 heavy (non-hydrogen) atoms.